The maximum absolute atomic E-state index is 12.4. The van der Waals surface area contributed by atoms with Crippen molar-refractivity contribution in [3.05, 3.63) is 11.9 Å². The lowest BCUT2D eigenvalue weighted by Crippen LogP contribution is -2.56. The summed E-state index contributed by atoms with van der Waals surface area (Å²) in [6, 6.07) is 0. The first-order chi connectivity index (χ1) is 11.8. The molecule has 0 radical (unpaired) electrons. The summed E-state index contributed by atoms with van der Waals surface area (Å²) in [5.41, 5.74) is -1.25. The molecule has 25 heavy (non-hydrogen) atoms. The number of nitrogens with one attached hydrogen (secondary N) is 1. The second-order valence-corrected chi connectivity index (χ2v) is 6.78. The Morgan fingerprint density at radius 3 is 2.52 bits per heavy atom. The summed E-state index contributed by atoms with van der Waals surface area (Å²) in [4.78, 5) is 37.3. The van der Waals surface area contributed by atoms with Gasteiger partial charge in [-0.1, -0.05) is 18.6 Å². The fourth-order valence-electron chi connectivity index (χ4n) is 3.01. The Hall–Kier alpha value is -2.45. The number of carboxylic acids is 1. The quantitative estimate of drug-likeness (QED) is 0.771. The molecular weight excluding hydrogens is 326 g/mol. The molecule has 1 aromatic heterocycles. The molecule has 0 bridgehead atoms. The third-order valence-corrected chi connectivity index (χ3v) is 4.87. The van der Waals surface area contributed by atoms with E-state index in [1.54, 1.807) is 14.1 Å². The van der Waals surface area contributed by atoms with Crippen molar-refractivity contribution < 1.29 is 19.5 Å². The number of carboxylic acid groups (broad SMARTS) is 1. The summed E-state index contributed by atoms with van der Waals surface area (Å²) >= 11 is 0. The minimum atomic E-state index is -1.26. The van der Waals surface area contributed by atoms with Crippen LogP contribution in [0.2, 0.25) is 0 Å². The van der Waals surface area contributed by atoms with Crippen LogP contribution < -0.4 is 5.32 Å². The minimum absolute atomic E-state index is 0.00444. The van der Waals surface area contributed by atoms with Crippen LogP contribution in [-0.4, -0.2) is 62.4 Å². The number of nitrogens with zero attached hydrogens (tertiary/aromatic N) is 4. The first kappa shape index (κ1) is 18.9. The molecule has 0 saturated heterocycles. The van der Waals surface area contributed by atoms with Gasteiger partial charge in [-0.25, -0.2) is 9.48 Å². The third kappa shape index (κ3) is 4.34. The van der Waals surface area contributed by atoms with Gasteiger partial charge in [0.25, 0.3) is 5.91 Å². The summed E-state index contributed by atoms with van der Waals surface area (Å²) in [6.07, 6.45) is 4.71. The molecule has 0 atom stereocenters. The average Bonchev–Trinajstić information content (AvgIpc) is 3.03. The second-order valence-electron chi connectivity index (χ2n) is 6.78. The van der Waals surface area contributed by atoms with Gasteiger partial charge < -0.3 is 15.3 Å². The van der Waals surface area contributed by atoms with Crippen molar-refractivity contribution in [1.82, 2.24) is 25.2 Å². The van der Waals surface area contributed by atoms with E-state index in [4.69, 9.17) is 0 Å². The fourth-order valence-corrected chi connectivity index (χ4v) is 3.01. The molecule has 1 fully saturated rings. The number of hydrogen-bond donors (Lipinski definition) is 2. The maximum atomic E-state index is 12.4. The molecule has 1 aliphatic carbocycles. The first-order valence-corrected chi connectivity index (χ1v) is 8.43. The standard InChI is InChI=1S/C16H25N5O4/c1-4-11-5-7-16(8-6-11,15(24)25)17-14(23)12-9-21(19-18-12)10-13(22)20(2)3/h9,11H,4-8,10H2,1-3H3,(H,17,23)(H,24,25). The van der Waals surface area contributed by atoms with E-state index in [0.717, 1.165) is 19.3 Å². The molecule has 2 N–H and O–H groups in total. The highest BCUT2D eigenvalue weighted by Gasteiger charge is 2.43. The Balaban J connectivity index is 2.06. The van der Waals surface area contributed by atoms with E-state index in [1.165, 1.54) is 15.8 Å². The number of likely N-dealkylation sites (N-methyl/N-ethyl adjacent to an activating group) is 1. The Morgan fingerprint density at radius 1 is 1.36 bits per heavy atom. The number of aliphatic carboxylic acids is 1. The van der Waals surface area contributed by atoms with E-state index >= 15 is 0 Å². The van der Waals surface area contributed by atoms with E-state index in [-0.39, 0.29) is 18.1 Å². The van der Waals surface area contributed by atoms with Crippen LogP contribution in [0, 0.1) is 5.92 Å². The number of amides is 2. The van der Waals surface area contributed by atoms with Crippen molar-refractivity contribution in [3.63, 3.8) is 0 Å². The highest BCUT2D eigenvalue weighted by Crippen LogP contribution is 2.34. The molecule has 0 aromatic carbocycles. The van der Waals surface area contributed by atoms with Crippen molar-refractivity contribution in [2.75, 3.05) is 14.1 Å². The summed E-state index contributed by atoms with van der Waals surface area (Å²) in [5.74, 6) is -1.29. The number of carbonyl (C=O) groups excluding carboxylic acids is 2. The van der Waals surface area contributed by atoms with Crippen LogP contribution in [0.25, 0.3) is 0 Å². The smallest absolute Gasteiger partial charge is 0.329 e. The van der Waals surface area contributed by atoms with Gasteiger partial charge in [0.1, 0.15) is 12.1 Å². The molecular formula is C16H25N5O4. The molecule has 0 spiro atoms. The Bertz CT molecular complexity index is 647. The lowest BCUT2D eigenvalue weighted by Gasteiger charge is -2.37. The van der Waals surface area contributed by atoms with E-state index in [9.17, 15) is 19.5 Å². The topological polar surface area (TPSA) is 117 Å². The molecule has 9 nitrogen and oxygen atoms in total. The van der Waals surface area contributed by atoms with E-state index in [2.05, 4.69) is 22.6 Å². The fraction of sp³-hybridized carbons (Fsp3) is 0.688. The van der Waals surface area contributed by atoms with Crippen LogP contribution in [0.15, 0.2) is 6.20 Å². The SMILES string of the molecule is CCC1CCC(NC(=O)c2cn(CC(=O)N(C)C)nn2)(C(=O)O)CC1. The van der Waals surface area contributed by atoms with Gasteiger partial charge in [0, 0.05) is 14.1 Å². The van der Waals surface area contributed by atoms with Crippen LogP contribution in [-0.2, 0) is 16.1 Å². The summed E-state index contributed by atoms with van der Waals surface area (Å²) in [6.45, 7) is 2.06. The molecule has 0 aliphatic heterocycles. The highest BCUT2D eigenvalue weighted by molar-refractivity contribution is 5.96. The zero-order chi connectivity index (χ0) is 18.6. The maximum Gasteiger partial charge on any atom is 0.329 e. The van der Waals surface area contributed by atoms with Gasteiger partial charge in [0.05, 0.1) is 6.20 Å². The molecule has 1 saturated carbocycles. The van der Waals surface area contributed by atoms with Gasteiger partial charge in [0.15, 0.2) is 5.69 Å². The van der Waals surface area contributed by atoms with E-state index in [1.807, 2.05) is 0 Å². The lowest BCUT2D eigenvalue weighted by molar-refractivity contribution is -0.146. The summed E-state index contributed by atoms with van der Waals surface area (Å²) < 4.78 is 1.26. The zero-order valence-corrected chi connectivity index (χ0v) is 14.9. The molecule has 2 amide bonds. The van der Waals surface area contributed by atoms with Crippen LogP contribution in [0.3, 0.4) is 0 Å². The number of rotatable bonds is 6. The van der Waals surface area contributed by atoms with Crippen molar-refractivity contribution in [3.8, 4) is 0 Å². The summed E-state index contributed by atoms with van der Waals surface area (Å²) in [5, 5.41) is 19.8. The third-order valence-electron chi connectivity index (χ3n) is 4.87. The van der Waals surface area contributed by atoms with Gasteiger partial charge in [-0.15, -0.1) is 5.10 Å². The molecule has 1 aliphatic rings. The number of carbonyl (C=O) groups is 3. The highest BCUT2D eigenvalue weighted by atomic mass is 16.4. The molecule has 1 aromatic rings. The number of aromatic nitrogens is 3. The van der Waals surface area contributed by atoms with Crippen molar-refractivity contribution >= 4 is 17.8 Å². The Morgan fingerprint density at radius 2 is 2.00 bits per heavy atom. The normalized spacial score (nSPS) is 23.1. The van der Waals surface area contributed by atoms with Crippen LogP contribution in [0.1, 0.15) is 49.5 Å². The van der Waals surface area contributed by atoms with Crippen LogP contribution >= 0.6 is 0 Å². The van der Waals surface area contributed by atoms with Gasteiger partial charge in [-0.05, 0) is 31.6 Å². The van der Waals surface area contributed by atoms with Crippen molar-refractivity contribution in [1.29, 1.82) is 0 Å². The monoisotopic (exact) mass is 351 g/mol. The van der Waals surface area contributed by atoms with Crippen LogP contribution in [0.5, 0.6) is 0 Å². The Labute approximate surface area is 146 Å². The average molecular weight is 351 g/mol. The molecule has 9 heteroatoms. The van der Waals surface area contributed by atoms with Gasteiger partial charge >= 0.3 is 5.97 Å². The van der Waals surface area contributed by atoms with Gasteiger partial charge in [0.2, 0.25) is 5.91 Å². The van der Waals surface area contributed by atoms with Gasteiger partial charge in [-0.2, -0.15) is 0 Å². The molecule has 2 rings (SSSR count). The first-order valence-electron chi connectivity index (χ1n) is 8.43. The zero-order valence-electron chi connectivity index (χ0n) is 14.9. The predicted octanol–water partition coefficient (Wildman–Crippen LogP) is 0.520. The molecule has 138 valence electrons. The Kier molecular flexibility index (Phi) is 5.76. The number of hydrogen-bond acceptors (Lipinski definition) is 5. The van der Waals surface area contributed by atoms with Crippen molar-refractivity contribution in [2.45, 2.75) is 51.1 Å². The molecule has 0 unspecified atom stereocenters. The second kappa shape index (κ2) is 7.62. The van der Waals surface area contributed by atoms with E-state index < -0.39 is 17.4 Å². The predicted molar refractivity (Wildman–Crippen MR) is 88.8 cm³/mol. The minimum Gasteiger partial charge on any atom is -0.480 e. The largest absolute Gasteiger partial charge is 0.480 e. The van der Waals surface area contributed by atoms with E-state index in [0.29, 0.717) is 18.8 Å². The van der Waals surface area contributed by atoms with Gasteiger partial charge in [-0.3, -0.25) is 9.59 Å². The lowest BCUT2D eigenvalue weighted by atomic mass is 9.75. The molecule has 1 heterocycles. The van der Waals surface area contributed by atoms with Crippen LogP contribution in [0.4, 0.5) is 0 Å². The van der Waals surface area contributed by atoms with Crippen molar-refractivity contribution in [2.24, 2.45) is 5.92 Å². The summed E-state index contributed by atoms with van der Waals surface area (Å²) in [7, 11) is 3.24.